The Labute approximate surface area is 126 Å². The first-order valence-electron chi connectivity index (χ1n) is 8.34. The maximum absolute atomic E-state index is 12.8. The van der Waals surface area contributed by atoms with Crippen molar-refractivity contribution in [1.29, 1.82) is 0 Å². The van der Waals surface area contributed by atoms with Gasteiger partial charge in [-0.3, -0.25) is 11.3 Å². The van der Waals surface area contributed by atoms with Crippen LogP contribution in [0.1, 0.15) is 58.8 Å². The molecule has 0 aromatic rings. The van der Waals surface area contributed by atoms with E-state index in [1.165, 1.54) is 6.42 Å². The Balaban J connectivity index is 1.93. The van der Waals surface area contributed by atoms with Crippen molar-refractivity contribution in [2.24, 2.45) is 35.4 Å². The highest BCUT2D eigenvalue weighted by Crippen LogP contribution is 2.43. The third-order valence-corrected chi connectivity index (χ3v) is 5.66. The van der Waals surface area contributed by atoms with Gasteiger partial charge in [0.25, 0.3) is 0 Å². The monoisotopic (exact) mass is 306 g/mol. The minimum atomic E-state index is -4.02. The molecule has 3 unspecified atom stereocenters. The van der Waals surface area contributed by atoms with Gasteiger partial charge in [-0.1, -0.05) is 13.8 Å². The molecule has 2 nitrogen and oxygen atoms in total. The van der Waals surface area contributed by atoms with E-state index in [4.69, 9.17) is 5.84 Å². The molecule has 3 atom stereocenters. The Hall–Kier alpha value is -0.290. The quantitative estimate of drug-likeness (QED) is 0.604. The molecular formula is C16H29F3N2. The summed E-state index contributed by atoms with van der Waals surface area (Å²) in [6.45, 7) is 4.55. The highest BCUT2D eigenvalue weighted by Gasteiger charge is 2.43. The summed E-state index contributed by atoms with van der Waals surface area (Å²) < 4.78 is 38.3. The fraction of sp³-hybridized carbons (Fsp3) is 1.00. The first kappa shape index (κ1) is 17.1. The molecule has 0 aliphatic heterocycles. The van der Waals surface area contributed by atoms with Crippen LogP contribution in [-0.4, -0.2) is 12.2 Å². The summed E-state index contributed by atoms with van der Waals surface area (Å²) in [4.78, 5) is 0. The normalized spacial score (nSPS) is 40.0. The lowest BCUT2D eigenvalue weighted by Gasteiger charge is -2.42. The van der Waals surface area contributed by atoms with Gasteiger partial charge in [-0.2, -0.15) is 13.2 Å². The topological polar surface area (TPSA) is 38.0 Å². The number of hydrogen-bond donors (Lipinski definition) is 2. The van der Waals surface area contributed by atoms with E-state index < -0.39 is 12.1 Å². The Morgan fingerprint density at radius 1 is 0.905 bits per heavy atom. The first-order chi connectivity index (χ1) is 9.81. The number of hydrazine groups is 1. The van der Waals surface area contributed by atoms with E-state index in [2.05, 4.69) is 19.3 Å². The summed E-state index contributed by atoms with van der Waals surface area (Å²) in [7, 11) is 0. The van der Waals surface area contributed by atoms with Crippen molar-refractivity contribution in [1.82, 2.24) is 5.43 Å². The number of hydrogen-bond acceptors (Lipinski definition) is 2. The highest BCUT2D eigenvalue weighted by molar-refractivity contribution is 4.90. The van der Waals surface area contributed by atoms with Gasteiger partial charge in [0.15, 0.2) is 0 Å². The fourth-order valence-electron chi connectivity index (χ4n) is 4.77. The second kappa shape index (κ2) is 6.86. The molecule has 0 heterocycles. The number of alkyl halides is 3. The smallest absolute Gasteiger partial charge is 0.271 e. The molecule has 2 fully saturated rings. The number of nitrogens with two attached hydrogens (primary N) is 1. The predicted molar refractivity (Wildman–Crippen MR) is 78.3 cm³/mol. The second-order valence-electron chi connectivity index (χ2n) is 7.52. The third kappa shape index (κ3) is 4.35. The number of nitrogens with one attached hydrogen (secondary N) is 1. The molecule has 0 aromatic carbocycles. The molecule has 124 valence electrons. The maximum Gasteiger partial charge on any atom is 0.391 e. The van der Waals surface area contributed by atoms with Gasteiger partial charge in [0, 0.05) is 6.04 Å². The van der Waals surface area contributed by atoms with Crippen molar-refractivity contribution >= 4 is 0 Å². The standard InChI is InChI=1S/C16H29F3N2/c1-10-7-11(2)9-13(8-10)15(21-20)12-3-5-14(6-4-12)16(17,18)19/h10-15,21H,3-9,20H2,1-2H3. The zero-order valence-corrected chi connectivity index (χ0v) is 13.1. The van der Waals surface area contributed by atoms with Crippen molar-refractivity contribution in [2.45, 2.75) is 71.0 Å². The first-order valence-corrected chi connectivity index (χ1v) is 8.34. The molecule has 0 radical (unpaired) electrons. The SMILES string of the molecule is CC1CC(C)CC(C(NN)C2CCC(C(F)(F)F)CC2)C1. The predicted octanol–water partition coefficient (Wildman–Crippen LogP) is 4.26. The Morgan fingerprint density at radius 3 is 1.86 bits per heavy atom. The average Bonchev–Trinajstić information content (AvgIpc) is 2.38. The lowest BCUT2D eigenvalue weighted by Crippen LogP contribution is -2.49. The van der Waals surface area contributed by atoms with Crippen molar-refractivity contribution in [3.05, 3.63) is 0 Å². The highest BCUT2D eigenvalue weighted by atomic mass is 19.4. The van der Waals surface area contributed by atoms with E-state index in [1.54, 1.807) is 0 Å². The zero-order valence-electron chi connectivity index (χ0n) is 13.1. The summed E-state index contributed by atoms with van der Waals surface area (Å²) in [5.74, 6) is 6.88. The number of rotatable bonds is 3. The van der Waals surface area contributed by atoms with Crippen LogP contribution in [0.15, 0.2) is 0 Å². The third-order valence-electron chi connectivity index (χ3n) is 5.66. The van der Waals surface area contributed by atoms with Crippen molar-refractivity contribution < 1.29 is 13.2 Å². The van der Waals surface area contributed by atoms with E-state index >= 15 is 0 Å². The second-order valence-corrected chi connectivity index (χ2v) is 7.52. The molecule has 0 spiro atoms. The van der Waals surface area contributed by atoms with Crippen LogP contribution in [0.25, 0.3) is 0 Å². The van der Waals surface area contributed by atoms with Gasteiger partial charge >= 0.3 is 6.18 Å². The Kier molecular flexibility index (Phi) is 5.58. The van der Waals surface area contributed by atoms with E-state index in [1.807, 2.05) is 0 Å². The van der Waals surface area contributed by atoms with E-state index in [-0.39, 0.29) is 18.9 Å². The zero-order chi connectivity index (χ0) is 15.6. The molecule has 5 heteroatoms. The van der Waals surface area contributed by atoms with Gasteiger partial charge < -0.3 is 0 Å². The minimum absolute atomic E-state index is 0.185. The van der Waals surface area contributed by atoms with Gasteiger partial charge in [-0.05, 0) is 68.6 Å². The van der Waals surface area contributed by atoms with Crippen molar-refractivity contribution in [3.8, 4) is 0 Å². The minimum Gasteiger partial charge on any atom is -0.271 e. The molecule has 2 aliphatic rings. The van der Waals surface area contributed by atoms with Crippen molar-refractivity contribution in [3.63, 3.8) is 0 Å². The van der Waals surface area contributed by atoms with Gasteiger partial charge in [0.2, 0.25) is 0 Å². The summed E-state index contributed by atoms with van der Waals surface area (Å²) in [6, 6.07) is 0.185. The molecule has 2 saturated carbocycles. The van der Waals surface area contributed by atoms with Crippen LogP contribution < -0.4 is 11.3 Å². The Bertz CT molecular complexity index is 314. The lowest BCUT2D eigenvalue weighted by atomic mass is 9.68. The molecule has 0 amide bonds. The Morgan fingerprint density at radius 2 is 1.43 bits per heavy atom. The molecule has 0 bridgehead atoms. The lowest BCUT2D eigenvalue weighted by molar-refractivity contribution is -0.184. The van der Waals surface area contributed by atoms with E-state index in [9.17, 15) is 13.2 Å². The van der Waals surface area contributed by atoms with Crippen LogP contribution in [0.2, 0.25) is 0 Å². The summed E-state index contributed by atoms with van der Waals surface area (Å²) >= 11 is 0. The molecule has 2 aliphatic carbocycles. The summed E-state index contributed by atoms with van der Waals surface area (Å²) in [5, 5.41) is 0. The van der Waals surface area contributed by atoms with Crippen LogP contribution in [-0.2, 0) is 0 Å². The summed E-state index contributed by atoms with van der Waals surface area (Å²) in [6.07, 6.45) is 1.38. The number of halogens is 3. The van der Waals surface area contributed by atoms with Gasteiger partial charge in [0.1, 0.15) is 0 Å². The maximum atomic E-state index is 12.8. The van der Waals surface area contributed by atoms with Crippen LogP contribution in [0.4, 0.5) is 13.2 Å². The molecule has 3 N–H and O–H groups in total. The average molecular weight is 306 g/mol. The van der Waals surface area contributed by atoms with Crippen LogP contribution in [0.5, 0.6) is 0 Å². The van der Waals surface area contributed by atoms with E-state index in [0.29, 0.717) is 36.5 Å². The van der Waals surface area contributed by atoms with Crippen LogP contribution in [0.3, 0.4) is 0 Å². The molecule has 0 aromatic heterocycles. The largest absolute Gasteiger partial charge is 0.391 e. The van der Waals surface area contributed by atoms with Gasteiger partial charge in [0.05, 0.1) is 5.92 Å². The van der Waals surface area contributed by atoms with Crippen LogP contribution >= 0.6 is 0 Å². The van der Waals surface area contributed by atoms with Gasteiger partial charge in [-0.25, -0.2) is 0 Å². The molecule has 0 saturated heterocycles. The van der Waals surface area contributed by atoms with E-state index in [0.717, 1.165) is 12.8 Å². The van der Waals surface area contributed by atoms with Crippen molar-refractivity contribution in [2.75, 3.05) is 0 Å². The fourth-order valence-corrected chi connectivity index (χ4v) is 4.77. The molecule has 2 rings (SSSR count). The van der Waals surface area contributed by atoms with Crippen LogP contribution in [0, 0.1) is 29.6 Å². The molecular weight excluding hydrogens is 277 g/mol. The summed E-state index contributed by atoms with van der Waals surface area (Å²) in [5.41, 5.74) is 2.95. The molecule has 21 heavy (non-hydrogen) atoms. The van der Waals surface area contributed by atoms with Gasteiger partial charge in [-0.15, -0.1) is 0 Å².